The van der Waals surface area contributed by atoms with E-state index in [1.807, 2.05) is 37.3 Å². The van der Waals surface area contributed by atoms with E-state index < -0.39 is 6.10 Å². The Bertz CT molecular complexity index is 382. The summed E-state index contributed by atoms with van der Waals surface area (Å²) in [6, 6.07) is 9.89. The molecule has 3 atom stereocenters. The standard InChI is InChI=1S/C13H20N2O2S/c1-9(16)10(2)18-12(8-13(14)15-17)11-6-4-3-5-7-11/h3-7,9-10,12,16-17H,8H2,1-2H3,(H2,14,15). The van der Waals surface area contributed by atoms with Gasteiger partial charge in [-0.25, -0.2) is 0 Å². The van der Waals surface area contributed by atoms with E-state index in [1.165, 1.54) is 0 Å². The molecule has 4 nitrogen and oxygen atoms in total. The molecule has 0 aliphatic heterocycles. The van der Waals surface area contributed by atoms with Crippen LogP contribution in [-0.4, -0.2) is 27.5 Å². The summed E-state index contributed by atoms with van der Waals surface area (Å²) in [5.41, 5.74) is 6.70. The van der Waals surface area contributed by atoms with Gasteiger partial charge < -0.3 is 16.0 Å². The second-order valence-corrected chi connectivity index (χ2v) is 5.86. The summed E-state index contributed by atoms with van der Waals surface area (Å²) in [5.74, 6) is 0.203. The van der Waals surface area contributed by atoms with E-state index in [0.717, 1.165) is 5.56 Å². The number of aliphatic hydroxyl groups excluding tert-OH is 1. The van der Waals surface area contributed by atoms with Crippen molar-refractivity contribution in [3.8, 4) is 0 Å². The predicted molar refractivity (Wildman–Crippen MR) is 75.9 cm³/mol. The van der Waals surface area contributed by atoms with Crippen LogP contribution >= 0.6 is 11.8 Å². The SMILES string of the molecule is CC(O)C(C)SC(C/C(N)=N/O)c1ccccc1. The van der Waals surface area contributed by atoms with Crippen molar-refractivity contribution < 1.29 is 10.3 Å². The zero-order chi connectivity index (χ0) is 13.5. The number of nitrogens with zero attached hydrogens (tertiary/aromatic N) is 1. The van der Waals surface area contributed by atoms with E-state index in [2.05, 4.69) is 5.16 Å². The summed E-state index contributed by atoms with van der Waals surface area (Å²) in [7, 11) is 0. The van der Waals surface area contributed by atoms with Gasteiger partial charge in [0.1, 0.15) is 5.84 Å². The Morgan fingerprint density at radius 1 is 1.33 bits per heavy atom. The molecule has 0 saturated heterocycles. The van der Waals surface area contributed by atoms with Crippen LogP contribution in [0.15, 0.2) is 35.5 Å². The Labute approximate surface area is 112 Å². The van der Waals surface area contributed by atoms with Gasteiger partial charge in [-0.2, -0.15) is 0 Å². The topological polar surface area (TPSA) is 78.8 Å². The van der Waals surface area contributed by atoms with Gasteiger partial charge in [-0.1, -0.05) is 42.4 Å². The lowest BCUT2D eigenvalue weighted by Crippen LogP contribution is -2.20. The number of hydrogen-bond acceptors (Lipinski definition) is 4. The minimum Gasteiger partial charge on any atom is -0.409 e. The van der Waals surface area contributed by atoms with Gasteiger partial charge in [0.25, 0.3) is 0 Å². The molecule has 0 aliphatic carbocycles. The van der Waals surface area contributed by atoms with Gasteiger partial charge in [0.05, 0.1) is 6.10 Å². The molecule has 18 heavy (non-hydrogen) atoms. The molecule has 1 aromatic rings. The Kier molecular flexibility index (Phi) is 6.01. The van der Waals surface area contributed by atoms with Crippen LogP contribution in [0, 0.1) is 0 Å². The molecule has 0 spiro atoms. The van der Waals surface area contributed by atoms with E-state index in [-0.39, 0.29) is 16.3 Å². The second kappa shape index (κ2) is 7.28. The molecule has 4 N–H and O–H groups in total. The summed E-state index contributed by atoms with van der Waals surface area (Å²) < 4.78 is 0. The third kappa shape index (κ3) is 4.58. The number of oxime groups is 1. The molecule has 1 aromatic carbocycles. The number of amidine groups is 1. The zero-order valence-corrected chi connectivity index (χ0v) is 11.5. The summed E-state index contributed by atoms with van der Waals surface area (Å²) in [6.07, 6.45) is 0.0657. The third-order valence-electron chi connectivity index (χ3n) is 2.75. The van der Waals surface area contributed by atoms with Gasteiger partial charge in [0.2, 0.25) is 0 Å². The first kappa shape index (κ1) is 14.9. The Morgan fingerprint density at radius 3 is 2.44 bits per heavy atom. The largest absolute Gasteiger partial charge is 0.409 e. The number of benzene rings is 1. The lowest BCUT2D eigenvalue weighted by Gasteiger charge is -2.22. The number of rotatable bonds is 6. The van der Waals surface area contributed by atoms with Crippen molar-refractivity contribution in [2.24, 2.45) is 10.9 Å². The van der Waals surface area contributed by atoms with Crippen LogP contribution in [0.2, 0.25) is 0 Å². The van der Waals surface area contributed by atoms with Crippen LogP contribution in [0.25, 0.3) is 0 Å². The fraction of sp³-hybridized carbons (Fsp3) is 0.462. The number of thioether (sulfide) groups is 1. The maximum Gasteiger partial charge on any atom is 0.140 e. The van der Waals surface area contributed by atoms with Crippen LogP contribution in [0.5, 0.6) is 0 Å². The van der Waals surface area contributed by atoms with E-state index in [4.69, 9.17) is 10.9 Å². The van der Waals surface area contributed by atoms with Crippen LogP contribution in [0.4, 0.5) is 0 Å². The fourth-order valence-electron chi connectivity index (χ4n) is 1.52. The molecule has 0 amide bonds. The van der Waals surface area contributed by atoms with Crippen LogP contribution < -0.4 is 5.73 Å². The van der Waals surface area contributed by atoms with Crippen molar-refractivity contribution >= 4 is 17.6 Å². The molecule has 0 radical (unpaired) electrons. The fourth-order valence-corrected chi connectivity index (χ4v) is 2.84. The minimum atomic E-state index is -0.395. The molecule has 5 heteroatoms. The highest BCUT2D eigenvalue weighted by molar-refractivity contribution is 8.00. The summed E-state index contributed by atoms with van der Waals surface area (Å²) in [4.78, 5) is 0. The molecule has 100 valence electrons. The van der Waals surface area contributed by atoms with Crippen molar-refractivity contribution in [2.75, 3.05) is 0 Å². The van der Waals surface area contributed by atoms with Crippen molar-refractivity contribution in [3.05, 3.63) is 35.9 Å². The normalized spacial score (nSPS) is 17.2. The molecule has 3 unspecified atom stereocenters. The molecule has 0 saturated carbocycles. The zero-order valence-electron chi connectivity index (χ0n) is 10.7. The molecular formula is C13H20N2O2S. The monoisotopic (exact) mass is 268 g/mol. The number of nitrogens with two attached hydrogens (primary N) is 1. The van der Waals surface area contributed by atoms with Crippen LogP contribution in [0.1, 0.15) is 31.1 Å². The molecular weight excluding hydrogens is 248 g/mol. The Balaban J connectivity index is 2.82. The van der Waals surface area contributed by atoms with Gasteiger partial charge >= 0.3 is 0 Å². The molecule has 0 aromatic heterocycles. The Morgan fingerprint density at radius 2 is 1.94 bits per heavy atom. The highest BCUT2D eigenvalue weighted by Crippen LogP contribution is 2.36. The lowest BCUT2D eigenvalue weighted by molar-refractivity contribution is 0.196. The predicted octanol–water partition coefficient (Wildman–Crippen LogP) is 2.37. The van der Waals surface area contributed by atoms with Gasteiger partial charge in [-0.15, -0.1) is 11.8 Å². The maximum atomic E-state index is 9.58. The molecule has 0 aliphatic rings. The van der Waals surface area contributed by atoms with Crippen molar-refractivity contribution in [2.45, 2.75) is 36.9 Å². The van der Waals surface area contributed by atoms with E-state index >= 15 is 0 Å². The minimum absolute atomic E-state index is 0.0756. The quantitative estimate of drug-likeness (QED) is 0.320. The summed E-state index contributed by atoms with van der Waals surface area (Å²) >= 11 is 1.63. The molecule has 0 bridgehead atoms. The average Bonchev–Trinajstić information content (AvgIpc) is 2.38. The molecule has 1 rings (SSSR count). The maximum absolute atomic E-state index is 9.58. The second-order valence-electron chi connectivity index (χ2n) is 4.28. The van der Waals surface area contributed by atoms with Crippen LogP contribution in [-0.2, 0) is 0 Å². The highest BCUT2D eigenvalue weighted by atomic mass is 32.2. The number of hydrogen-bond donors (Lipinski definition) is 3. The lowest BCUT2D eigenvalue weighted by atomic mass is 10.1. The van der Waals surface area contributed by atoms with E-state index in [9.17, 15) is 5.11 Å². The van der Waals surface area contributed by atoms with Crippen LogP contribution in [0.3, 0.4) is 0 Å². The summed E-state index contributed by atoms with van der Waals surface area (Å²) in [6.45, 7) is 3.74. The Hall–Kier alpha value is -1.20. The smallest absolute Gasteiger partial charge is 0.140 e. The van der Waals surface area contributed by atoms with E-state index in [1.54, 1.807) is 18.7 Å². The highest BCUT2D eigenvalue weighted by Gasteiger charge is 2.20. The summed E-state index contributed by atoms with van der Waals surface area (Å²) in [5, 5.41) is 21.4. The average molecular weight is 268 g/mol. The van der Waals surface area contributed by atoms with Crippen molar-refractivity contribution in [1.29, 1.82) is 0 Å². The molecule has 0 fully saturated rings. The van der Waals surface area contributed by atoms with Gasteiger partial charge in [0, 0.05) is 16.9 Å². The third-order valence-corrected chi connectivity index (χ3v) is 4.34. The van der Waals surface area contributed by atoms with Crippen molar-refractivity contribution in [3.63, 3.8) is 0 Å². The van der Waals surface area contributed by atoms with E-state index in [0.29, 0.717) is 6.42 Å². The first-order chi connectivity index (χ1) is 8.54. The molecule has 0 heterocycles. The number of aliphatic hydroxyl groups is 1. The first-order valence-electron chi connectivity index (χ1n) is 5.89. The van der Waals surface area contributed by atoms with Gasteiger partial charge in [0.15, 0.2) is 0 Å². The first-order valence-corrected chi connectivity index (χ1v) is 6.83. The van der Waals surface area contributed by atoms with Gasteiger partial charge in [-0.05, 0) is 12.5 Å². The van der Waals surface area contributed by atoms with Crippen molar-refractivity contribution in [1.82, 2.24) is 0 Å². The van der Waals surface area contributed by atoms with Gasteiger partial charge in [-0.3, -0.25) is 0 Å².